The van der Waals surface area contributed by atoms with Gasteiger partial charge in [0.05, 0.1) is 12.2 Å². The average Bonchev–Trinajstić information content (AvgIpc) is 2.82. The second kappa shape index (κ2) is 10.6. The SMILES string of the molecule is CN=C(NCc1c(C)nn(C)c1C)NCC(C)Oc1ccc(Cl)cc1.I. The summed E-state index contributed by atoms with van der Waals surface area (Å²) < 4.78 is 7.74. The molecule has 26 heavy (non-hydrogen) atoms. The molecule has 0 aliphatic rings. The normalized spacial score (nSPS) is 12.3. The Morgan fingerprint density at radius 2 is 1.92 bits per heavy atom. The van der Waals surface area contributed by atoms with Crippen LogP contribution in [0.3, 0.4) is 0 Å². The van der Waals surface area contributed by atoms with Gasteiger partial charge in [0.15, 0.2) is 5.96 Å². The Hall–Kier alpha value is -1.48. The summed E-state index contributed by atoms with van der Waals surface area (Å²) in [5.41, 5.74) is 3.37. The van der Waals surface area contributed by atoms with Crippen LogP contribution < -0.4 is 15.4 Å². The van der Waals surface area contributed by atoms with Gasteiger partial charge in [-0.25, -0.2) is 0 Å². The van der Waals surface area contributed by atoms with Crippen molar-refractivity contribution in [1.82, 2.24) is 20.4 Å². The van der Waals surface area contributed by atoms with Gasteiger partial charge in [0.25, 0.3) is 0 Å². The van der Waals surface area contributed by atoms with Crippen LogP contribution >= 0.6 is 35.6 Å². The van der Waals surface area contributed by atoms with Crippen LogP contribution in [0.15, 0.2) is 29.3 Å². The molecule has 1 heterocycles. The molecule has 0 saturated heterocycles. The number of ether oxygens (including phenoxy) is 1. The van der Waals surface area contributed by atoms with E-state index in [-0.39, 0.29) is 30.1 Å². The zero-order valence-corrected chi connectivity index (χ0v) is 18.9. The molecule has 0 spiro atoms. The maximum Gasteiger partial charge on any atom is 0.191 e. The van der Waals surface area contributed by atoms with Crippen LogP contribution in [0.5, 0.6) is 5.75 Å². The van der Waals surface area contributed by atoms with Crippen molar-refractivity contribution in [2.75, 3.05) is 13.6 Å². The number of rotatable bonds is 6. The molecule has 0 bridgehead atoms. The largest absolute Gasteiger partial charge is 0.489 e. The van der Waals surface area contributed by atoms with Gasteiger partial charge in [-0.05, 0) is 45.0 Å². The number of aromatic nitrogens is 2. The number of guanidine groups is 1. The van der Waals surface area contributed by atoms with Crippen molar-refractivity contribution < 1.29 is 4.74 Å². The molecular formula is C18H27ClIN5O. The van der Waals surface area contributed by atoms with E-state index in [1.165, 1.54) is 5.56 Å². The second-order valence-electron chi connectivity index (χ2n) is 5.96. The highest BCUT2D eigenvalue weighted by Crippen LogP contribution is 2.16. The van der Waals surface area contributed by atoms with Gasteiger partial charge in [0.2, 0.25) is 0 Å². The number of aliphatic imine (C=N–C) groups is 1. The fraction of sp³-hybridized carbons (Fsp3) is 0.444. The molecule has 1 aromatic carbocycles. The minimum Gasteiger partial charge on any atom is -0.489 e. The van der Waals surface area contributed by atoms with Crippen LogP contribution in [0, 0.1) is 13.8 Å². The summed E-state index contributed by atoms with van der Waals surface area (Å²) in [6, 6.07) is 7.35. The summed E-state index contributed by atoms with van der Waals surface area (Å²) in [7, 11) is 3.71. The van der Waals surface area contributed by atoms with Crippen LogP contribution in [-0.2, 0) is 13.6 Å². The Morgan fingerprint density at radius 1 is 1.27 bits per heavy atom. The molecule has 2 rings (SSSR count). The first-order valence-electron chi connectivity index (χ1n) is 8.26. The maximum absolute atomic E-state index is 5.88. The first-order valence-corrected chi connectivity index (χ1v) is 8.64. The maximum atomic E-state index is 5.88. The van der Waals surface area contributed by atoms with Crippen LogP contribution in [0.25, 0.3) is 0 Å². The Labute approximate surface area is 177 Å². The van der Waals surface area contributed by atoms with Crippen molar-refractivity contribution in [3.63, 3.8) is 0 Å². The summed E-state index contributed by atoms with van der Waals surface area (Å²) >= 11 is 5.88. The molecule has 0 amide bonds. The molecule has 0 aliphatic carbocycles. The van der Waals surface area contributed by atoms with Crippen molar-refractivity contribution >= 4 is 41.5 Å². The molecule has 2 N–H and O–H groups in total. The third-order valence-electron chi connectivity index (χ3n) is 4.02. The lowest BCUT2D eigenvalue weighted by molar-refractivity contribution is 0.224. The zero-order chi connectivity index (χ0) is 18.4. The number of benzene rings is 1. The minimum atomic E-state index is -0.0124. The molecular weight excluding hydrogens is 465 g/mol. The van der Waals surface area contributed by atoms with E-state index in [2.05, 4.69) is 27.6 Å². The van der Waals surface area contributed by atoms with E-state index in [0.717, 1.165) is 23.1 Å². The number of nitrogens with one attached hydrogen (secondary N) is 2. The van der Waals surface area contributed by atoms with Gasteiger partial charge < -0.3 is 15.4 Å². The molecule has 0 radical (unpaired) electrons. The molecule has 0 fully saturated rings. The lowest BCUT2D eigenvalue weighted by Gasteiger charge is -2.18. The highest BCUT2D eigenvalue weighted by atomic mass is 127. The van der Waals surface area contributed by atoms with Gasteiger partial charge in [-0.1, -0.05) is 11.6 Å². The molecule has 0 aliphatic heterocycles. The molecule has 2 aromatic rings. The van der Waals surface area contributed by atoms with Gasteiger partial charge in [-0.2, -0.15) is 5.10 Å². The van der Waals surface area contributed by atoms with Gasteiger partial charge >= 0.3 is 0 Å². The highest BCUT2D eigenvalue weighted by Gasteiger charge is 2.10. The second-order valence-corrected chi connectivity index (χ2v) is 6.40. The standard InChI is InChI=1S/C18H26ClN5O.HI/c1-12(25-16-8-6-15(19)7-9-16)10-21-18(20-4)22-11-17-13(2)23-24(5)14(17)3;/h6-9,12H,10-11H2,1-5H3,(H2,20,21,22);1H. The molecule has 144 valence electrons. The van der Waals surface area contributed by atoms with Crippen LogP contribution in [-0.4, -0.2) is 35.4 Å². The number of hydrogen-bond donors (Lipinski definition) is 2. The van der Waals surface area contributed by atoms with Crippen LogP contribution in [0.2, 0.25) is 5.02 Å². The fourth-order valence-corrected chi connectivity index (χ4v) is 2.62. The summed E-state index contributed by atoms with van der Waals surface area (Å²) in [5.74, 6) is 1.53. The number of hydrogen-bond acceptors (Lipinski definition) is 3. The lowest BCUT2D eigenvalue weighted by atomic mass is 10.2. The number of aryl methyl sites for hydroxylation is 2. The summed E-state index contributed by atoms with van der Waals surface area (Å²) in [5, 5.41) is 11.7. The van der Waals surface area contributed by atoms with E-state index in [0.29, 0.717) is 18.1 Å². The Kier molecular flexibility index (Phi) is 9.21. The Bertz CT molecular complexity index is 730. The Balaban J connectivity index is 0.00000338. The first kappa shape index (κ1) is 22.6. The van der Waals surface area contributed by atoms with E-state index >= 15 is 0 Å². The van der Waals surface area contributed by atoms with Crippen LogP contribution in [0.4, 0.5) is 0 Å². The van der Waals surface area contributed by atoms with Gasteiger partial charge in [-0.3, -0.25) is 9.67 Å². The third-order valence-corrected chi connectivity index (χ3v) is 4.27. The zero-order valence-electron chi connectivity index (χ0n) is 15.8. The molecule has 8 heteroatoms. The molecule has 1 atom stereocenters. The van der Waals surface area contributed by atoms with E-state index in [4.69, 9.17) is 16.3 Å². The first-order chi connectivity index (χ1) is 11.9. The number of nitrogens with zero attached hydrogens (tertiary/aromatic N) is 3. The van der Waals surface area contributed by atoms with Crippen molar-refractivity contribution in [1.29, 1.82) is 0 Å². The number of halogens is 2. The Morgan fingerprint density at radius 3 is 2.46 bits per heavy atom. The third kappa shape index (κ3) is 6.35. The van der Waals surface area contributed by atoms with Crippen molar-refractivity contribution in [3.05, 3.63) is 46.2 Å². The average molecular weight is 492 g/mol. The van der Waals surface area contributed by atoms with Gasteiger partial charge in [0.1, 0.15) is 11.9 Å². The van der Waals surface area contributed by atoms with Crippen LogP contribution in [0.1, 0.15) is 23.9 Å². The monoisotopic (exact) mass is 491 g/mol. The topological polar surface area (TPSA) is 63.5 Å². The van der Waals surface area contributed by atoms with Crippen molar-refractivity contribution in [3.8, 4) is 5.75 Å². The van der Waals surface area contributed by atoms with E-state index in [1.807, 2.05) is 49.8 Å². The smallest absolute Gasteiger partial charge is 0.191 e. The fourth-order valence-electron chi connectivity index (χ4n) is 2.49. The van der Waals surface area contributed by atoms with Crippen molar-refractivity contribution in [2.45, 2.75) is 33.4 Å². The van der Waals surface area contributed by atoms with Gasteiger partial charge in [-0.15, -0.1) is 24.0 Å². The van der Waals surface area contributed by atoms with E-state index < -0.39 is 0 Å². The van der Waals surface area contributed by atoms with Crippen molar-refractivity contribution in [2.24, 2.45) is 12.0 Å². The predicted molar refractivity (Wildman–Crippen MR) is 118 cm³/mol. The molecule has 1 unspecified atom stereocenters. The molecule has 1 aromatic heterocycles. The quantitative estimate of drug-likeness (QED) is 0.369. The van der Waals surface area contributed by atoms with E-state index in [9.17, 15) is 0 Å². The summed E-state index contributed by atoms with van der Waals surface area (Å²) in [4.78, 5) is 4.25. The molecule has 0 saturated carbocycles. The minimum absolute atomic E-state index is 0. The molecule has 6 nitrogen and oxygen atoms in total. The van der Waals surface area contributed by atoms with Gasteiger partial charge in [0, 0.05) is 36.9 Å². The van der Waals surface area contributed by atoms with E-state index in [1.54, 1.807) is 7.05 Å². The summed E-state index contributed by atoms with van der Waals surface area (Å²) in [6.07, 6.45) is -0.0124. The highest BCUT2D eigenvalue weighted by molar-refractivity contribution is 14.0. The predicted octanol–water partition coefficient (Wildman–Crippen LogP) is 3.44. The lowest BCUT2D eigenvalue weighted by Crippen LogP contribution is -2.41. The summed E-state index contributed by atoms with van der Waals surface area (Å²) in [6.45, 7) is 7.40.